The fourth-order valence-electron chi connectivity index (χ4n) is 1.53. The van der Waals surface area contributed by atoms with E-state index in [1.807, 2.05) is 30.3 Å². The Morgan fingerprint density at radius 3 is 2.79 bits per heavy atom. The third-order valence-electron chi connectivity index (χ3n) is 2.21. The van der Waals surface area contributed by atoms with E-state index in [0.29, 0.717) is 0 Å². The number of rotatable bonds is 0. The fraction of sp³-hybridized carbons (Fsp3) is 0. The molecule has 2 heteroatoms. The van der Waals surface area contributed by atoms with Crippen molar-refractivity contribution in [2.75, 3.05) is 0 Å². The van der Waals surface area contributed by atoms with Crippen molar-refractivity contribution in [3.63, 3.8) is 0 Å². The molecule has 2 aromatic heterocycles. The topological polar surface area (TPSA) is 25.8 Å². The molecule has 0 unspecified atom stereocenters. The smallest absolute Gasteiger partial charge is 0.0746 e. The third kappa shape index (κ3) is 1.04. The number of nitrogens with zero attached hydrogens (tertiary/aromatic N) is 2. The van der Waals surface area contributed by atoms with Crippen molar-refractivity contribution in [2.24, 2.45) is 0 Å². The first-order valence-electron chi connectivity index (χ1n) is 4.45. The second-order valence-electron chi connectivity index (χ2n) is 3.15. The van der Waals surface area contributed by atoms with Crippen molar-refractivity contribution in [1.29, 1.82) is 0 Å². The quantitative estimate of drug-likeness (QED) is 0.496. The van der Waals surface area contributed by atoms with Gasteiger partial charge in [0.2, 0.25) is 0 Å². The number of para-hydroxylation sites is 1. The van der Waals surface area contributed by atoms with Gasteiger partial charge in [-0.2, -0.15) is 0 Å². The van der Waals surface area contributed by atoms with E-state index in [9.17, 15) is 0 Å². The number of aromatic nitrogens is 2. The molecular weight excluding hydrogens is 172 g/mol. The van der Waals surface area contributed by atoms with Gasteiger partial charge in [-0.25, -0.2) is 4.98 Å². The summed E-state index contributed by atoms with van der Waals surface area (Å²) in [5.41, 5.74) is 1.92. The molecule has 0 spiro atoms. The minimum atomic E-state index is 0.943. The molecule has 0 N–H and O–H groups in total. The van der Waals surface area contributed by atoms with Crippen LogP contribution in [0.25, 0.3) is 21.8 Å². The Hall–Kier alpha value is -1.96. The summed E-state index contributed by atoms with van der Waals surface area (Å²) in [5.74, 6) is 0. The van der Waals surface area contributed by atoms with Crippen molar-refractivity contribution < 1.29 is 0 Å². The Balaban J connectivity index is 2.52. The van der Waals surface area contributed by atoms with Gasteiger partial charge in [-0.05, 0) is 12.1 Å². The molecule has 0 aliphatic rings. The van der Waals surface area contributed by atoms with Crippen LogP contribution in [0, 0.1) is 6.07 Å². The van der Waals surface area contributed by atoms with Crippen LogP contribution in [0.1, 0.15) is 0 Å². The normalized spacial score (nSPS) is 10.9. The van der Waals surface area contributed by atoms with Gasteiger partial charge in [-0.1, -0.05) is 18.2 Å². The lowest BCUT2D eigenvalue weighted by atomic mass is 10.1. The largest absolute Gasteiger partial charge is 0.264 e. The summed E-state index contributed by atoms with van der Waals surface area (Å²) >= 11 is 0. The molecule has 0 aliphatic heterocycles. The van der Waals surface area contributed by atoms with Crippen LogP contribution in [-0.4, -0.2) is 9.97 Å². The highest BCUT2D eigenvalue weighted by atomic mass is 14.7. The zero-order valence-corrected chi connectivity index (χ0v) is 7.44. The summed E-state index contributed by atoms with van der Waals surface area (Å²) in [4.78, 5) is 8.55. The molecule has 0 saturated heterocycles. The average Bonchev–Trinajstić information content (AvgIpc) is 2.26. The fourth-order valence-corrected chi connectivity index (χ4v) is 1.53. The van der Waals surface area contributed by atoms with E-state index < -0.39 is 0 Å². The number of hydrogen-bond acceptors (Lipinski definition) is 2. The van der Waals surface area contributed by atoms with Crippen LogP contribution >= 0.6 is 0 Å². The molecule has 1 aromatic carbocycles. The maximum atomic E-state index is 4.51. The summed E-state index contributed by atoms with van der Waals surface area (Å²) in [6.45, 7) is 0. The van der Waals surface area contributed by atoms with Gasteiger partial charge in [0.1, 0.15) is 0 Å². The minimum Gasteiger partial charge on any atom is -0.264 e. The molecule has 65 valence electrons. The van der Waals surface area contributed by atoms with Crippen LogP contribution in [-0.2, 0) is 0 Å². The Kier molecular flexibility index (Phi) is 1.47. The lowest BCUT2D eigenvalue weighted by molar-refractivity contribution is 1.34. The Bertz CT molecular complexity index is 497. The number of fused-ring (bicyclic) bond motifs is 2. The van der Waals surface area contributed by atoms with E-state index in [4.69, 9.17) is 0 Å². The summed E-state index contributed by atoms with van der Waals surface area (Å²) in [6.07, 6.45) is 3.53. The second kappa shape index (κ2) is 2.77. The second-order valence-corrected chi connectivity index (χ2v) is 3.15. The predicted octanol–water partition coefficient (Wildman–Crippen LogP) is 2.58. The van der Waals surface area contributed by atoms with Crippen LogP contribution in [0.4, 0.5) is 0 Å². The number of hydrogen-bond donors (Lipinski definition) is 0. The maximum absolute atomic E-state index is 4.51. The predicted molar refractivity (Wildman–Crippen MR) is 55.9 cm³/mol. The van der Waals surface area contributed by atoms with Crippen LogP contribution in [0.5, 0.6) is 0 Å². The first-order chi connectivity index (χ1) is 6.93. The molecule has 2 heterocycles. The standard InChI is InChI=1S/C12H7N2/c1-2-4-11-9(3-1)7-10-8-13-6-5-12(10)14-11/h1-6,8H. The van der Waals surface area contributed by atoms with E-state index in [0.717, 1.165) is 21.8 Å². The summed E-state index contributed by atoms with van der Waals surface area (Å²) < 4.78 is 0. The van der Waals surface area contributed by atoms with E-state index in [2.05, 4.69) is 16.0 Å². The van der Waals surface area contributed by atoms with E-state index in [1.54, 1.807) is 12.4 Å². The van der Waals surface area contributed by atoms with Gasteiger partial charge in [-0.15, -0.1) is 0 Å². The molecule has 14 heavy (non-hydrogen) atoms. The molecule has 0 aliphatic carbocycles. The maximum Gasteiger partial charge on any atom is 0.0746 e. The summed E-state index contributed by atoms with van der Waals surface area (Å²) in [6, 6.07) is 13.2. The number of pyridine rings is 2. The van der Waals surface area contributed by atoms with E-state index in [1.165, 1.54) is 0 Å². The highest BCUT2D eigenvalue weighted by molar-refractivity contribution is 5.91. The highest BCUT2D eigenvalue weighted by Crippen LogP contribution is 2.16. The van der Waals surface area contributed by atoms with Gasteiger partial charge in [0.15, 0.2) is 0 Å². The molecular formula is C12H7N2. The molecule has 0 amide bonds. The van der Waals surface area contributed by atoms with Crippen molar-refractivity contribution in [1.82, 2.24) is 9.97 Å². The number of benzene rings is 1. The van der Waals surface area contributed by atoms with Gasteiger partial charge in [0.05, 0.1) is 11.0 Å². The first-order valence-corrected chi connectivity index (χ1v) is 4.45. The van der Waals surface area contributed by atoms with Crippen molar-refractivity contribution in [2.45, 2.75) is 0 Å². The van der Waals surface area contributed by atoms with Crippen molar-refractivity contribution >= 4 is 21.8 Å². The summed E-state index contributed by atoms with van der Waals surface area (Å²) in [7, 11) is 0. The third-order valence-corrected chi connectivity index (χ3v) is 2.21. The molecule has 3 rings (SSSR count). The molecule has 0 fully saturated rings. The Morgan fingerprint density at radius 1 is 0.929 bits per heavy atom. The first kappa shape index (κ1) is 7.44. The van der Waals surface area contributed by atoms with Crippen LogP contribution in [0.2, 0.25) is 0 Å². The lowest BCUT2D eigenvalue weighted by Gasteiger charge is -1.98. The summed E-state index contributed by atoms with van der Waals surface area (Å²) in [5, 5.41) is 2.00. The average molecular weight is 179 g/mol. The SMILES string of the molecule is [c]1c2ccccc2nc2ccncc12. The van der Waals surface area contributed by atoms with Crippen LogP contribution in [0.3, 0.4) is 0 Å². The minimum absolute atomic E-state index is 0.943. The van der Waals surface area contributed by atoms with Crippen LogP contribution < -0.4 is 0 Å². The molecule has 3 aromatic rings. The van der Waals surface area contributed by atoms with E-state index in [-0.39, 0.29) is 0 Å². The Labute approximate surface area is 81.2 Å². The molecule has 2 nitrogen and oxygen atoms in total. The van der Waals surface area contributed by atoms with Gasteiger partial charge in [-0.3, -0.25) is 4.98 Å². The highest BCUT2D eigenvalue weighted by Gasteiger charge is 1.97. The zero-order chi connectivity index (χ0) is 9.38. The van der Waals surface area contributed by atoms with Crippen molar-refractivity contribution in [3.05, 3.63) is 48.8 Å². The van der Waals surface area contributed by atoms with Gasteiger partial charge < -0.3 is 0 Å². The monoisotopic (exact) mass is 179 g/mol. The van der Waals surface area contributed by atoms with Crippen LogP contribution in [0.15, 0.2) is 42.7 Å². The molecule has 0 bridgehead atoms. The Morgan fingerprint density at radius 2 is 1.79 bits per heavy atom. The lowest BCUT2D eigenvalue weighted by Crippen LogP contribution is -1.82. The van der Waals surface area contributed by atoms with Gasteiger partial charge in [0.25, 0.3) is 0 Å². The van der Waals surface area contributed by atoms with E-state index >= 15 is 0 Å². The van der Waals surface area contributed by atoms with Gasteiger partial charge >= 0.3 is 0 Å². The van der Waals surface area contributed by atoms with Crippen molar-refractivity contribution in [3.8, 4) is 0 Å². The zero-order valence-electron chi connectivity index (χ0n) is 7.44. The molecule has 0 atom stereocenters. The molecule has 1 radical (unpaired) electrons. The van der Waals surface area contributed by atoms with Gasteiger partial charge in [0, 0.05) is 29.2 Å². The molecule has 0 saturated carbocycles.